The minimum Gasteiger partial charge on any atom is -0.481 e. The molecule has 1 atom stereocenters. The SMILES string of the molecule is COc1cccc(N(C)CC(C)C(N)=NO)n1. The summed E-state index contributed by atoms with van der Waals surface area (Å²) in [5.41, 5.74) is 5.53. The fourth-order valence-corrected chi connectivity index (χ4v) is 1.43. The molecule has 0 aliphatic heterocycles. The Morgan fingerprint density at radius 2 is 2.35 bits per heavy atom. The second kappa shape index (κ2) is 5.93. The lowest BCUT2D eigenvalue weighted by Gasteiger charge is -2.21. The van der Waals surface area contributed by atoms with Gasteiger partial charge in [0.25, 0.3) is 0 Å². The molecule has 0 bridgehead atoms. The highest BCUT2D eigenvalue weighted by Gasteiger charge is 2.12. The van der Waals surface area contributed by atoms with E-state index >= 15 is 0 Å². The normalized spacial score (nSPS) is 13.2. The van der Waals surface area contributed by atoms with Gasteiger partial charge in [-0.05, 0) is 6.07 Å². The molecule has 3 N–H and O–H groups in total. The number of hydrogen-bond donors (Lipinski definition) is 2. The Bertz CT molecular complexity index is 395. The van der Waals surface area contributed by atoms with Gasteiger partial charge in [-0.1, -0.05) is 18.1 Å². The maximum absolute atomic E-state index is 8.58. The molecule has 1 aromatic rings. The molecule has 6 nitrogen and oxygen atoms in total. The summed E-state index contributed by atoms with van der Waals surface area (Å²) in [4.78, 5) is 6.21. The Balaban J connectivity index is 2.72. The van der Waals surface area contributed by atoms with Gasteiger partial charge in [-0.15, -0.1) is 0 Å². The number of rotatable bonds is 5. The van der Waals surface area contributed by atoms with Crippen molar-refractivity contribution < 1.29 is 9.94 Å². The number of ether oxygens (including phenoxy) is 1. The summed E-state index contributed by atoms with van der Waals surface area (Å²) in [6, 6.07) is 5.53. The minimum atomic E-state index is -0.0574. The summed E-state index contributed by atoms with van der Waals surface area (Å²) in [7, 11) is 3.47. The first-order valence-electron chi connectivity index (χ1n) is 5.28. The molecule has 0 saturated heterocycles. The van der Waals surface area contributed by atoms with Gasteiger partial charge in [0.1, 0.15) is 11.7 Å². The maximum atomic E-state index is 8.58. The first-order valence-corrected chi connectivity index (χ1v) is 5.28. The van der Waals surface area contributed by atoms with Gasteiger partial charge in [-0.3, -0.25) is 0 Å². The number of aromatic nitrogens is 1. The number of nitrogens with two attached hydrogens (primary N) is 1. The second-order valence-electron chi connectivity index (χ2n) is 3.84. The van der Waals surface area contributed by atoms with Crippen LogP contribution in [0.15, 0.2) is 23.4 Å². The predicted octanol–water partition coefficient (Wildman–Crippen LogP) is 0.909. The zero-order valence-electron chi connectivity index (χ0n) is 10.3. The van der Waals surface area contributed by atoms with Crippen LogP contribution in [-0.4, -0.2) is 36.7 Å². The van der Waals surface area contributed by atoms with Crippen LogP contribution in [0.3, 0.4) is 0 Å². The van der Waals surface area contributed by atoms with Crippen LogP contribution in [0.1, 0.15) is 6.92 Å². The number of oxime groups is 1. The lowest BCUT2D eigenvalue weighted by molar-refractivity contribution is 0.314. The number of anilines is 1. The van der Waals surface area contributed by atoms with Crippen LogP contribution in [0, 0.1) is 5.92 Å². The van der Waals surface area contributed by atoms with Crippen molar-refractivity contribution in [3.8, 4) is 5.88 Å². The van der Waals surface area contributed by atoms with E-state index in [4.69, 9.17) is 15.7 Å². The van der Waals surface area contributed by atoms with Gasteiger partial charge >= 0.3 is 0 Å². The lowest BCUT2D eigenvalue weighted by Crippen LogP contribution is -2.33. The molecule has 1 unspecified atom stereocenters. The standard InChI is InChI=1S/C11H18N4O2/c1-8(11(12)14-16)7-15(2)9-5-4-6-10(13-9)17-3/h4-6,8,16H,7H2,1-3H3,(H2,12,14). The van der Waals surface area contributed by atoms with Crippen LogP contribution in [0.4, 0.5) is 5.82 Å². The highest BCUT2D eigenvalue weighted by atomic mass is 16.5. The molecule has 1 aromatic heterocycles. The molecule has 17 heavy (non-hydrogen) atoms. The summed E-state index contributed by atoms with van der Waals surface area (Å²) in [5, 5.41) is 11.6. The quantitative estimate of drug-likeness (QED) is 0.345. The van der Waals surface area contributed by atoms with Crippen molar-refractivity contribution in [2.45, 2.75) is 6.92 Å². The van der Waals surface area contributed by atoms with Crippen LogP contribution in [0.2, 0.25) is 0 Å². The number of nitrogens with zero attached hydrogens (tertiary/aromatic N) is 3. The van der Waals surface area contributed by atoms with Crippen molar-refractivity contribution in [1.82, 2.24) is 4.98 Å². The largest absolute Gasteiger partial charge is 0.481 e. The van der Waals surface area contributed by atoms with E-state index in [1.54, 1.807) is 13.2 Å². The van der Waals surface area contributed by atoms with Gasteiger partial charge in [-0.2, -0.15) is 4.98 Å². The lowest BCUT2D eigenvalue weighted by atomic mass is 10.1. The van der Waals surface area contributed by atoms with Gasteiger partial charge in [0, 0.05) is 25.6 Å². The molecule has 0 saturated carbocycles. The van der Waals surface area contributed by atoms with E-state index in [0.29, 0.717) is 12.4 Å². The van der Waals surface area contributed by atoms with Gasteiger partial charge in [0.05, 0.1) is 7.11 Å². The first-order chi connectivity index (χ1) is 8.08. The predicted molar refractivity (Wildman–Crippen MR) is 66.6 cm³/mol. The third-order valence-corrected chi connectivity index (χ3v) is 2.48. The number of hydrogen-bond acceptors (Lipinski definition) is 5. The van der Waals surface area contributed by atoms with E-state index in [0.717, 1.165) is 5.82 Å². The molecule has 0 aliphatic carbocycles. The number of amidine groups is 1. The summed E-state index contributed by atoms with van der Waals surface area (Å²) < 4.78 is 5.05. The van der Waals surface area contributed by atoms with Gasteiger partial charge < -0.3 is 20.6 Å². The molecule has 0 fully saturated rings. The molecule has 94 valence electrons. The molecule has 0 radical (unpaired) electrons. The van der Waals surface area contributed by atoms with Crippen LogP contribution in [0.25, 0.3) is 0 Å². The van der Waals surface area contributed by atoms with Crippen molar-refractivity contribution in [3.05, 3.63) is 18.2 Å². The zero-order chi connectivity index (χ0) is 12.8. The highest BCUT2D eigenvalue weighted by molar-refractivity contribution is 5.82. The summed E-state index contributed by atoms with van der Waals surface area (Å²) in [6.07, 6.45) is 0. The average molecular weight is 238 g/mol. The van der Waals surface area contributed by atoms with Crippen molar-refractivity contribution >= 4 is 11.7 Å². The van der Waals surface area contributed by atoms with Crippen molar-refractivity contribution in [2.75, 3.05) is 25.6 Å². The van der Waals surface area contributed by atoms with Crippen molar-refractivity contribution in [2.24, 2.45) is 16.8 Å². The fraction of sp³-hybridized carbons (Fsp3) is 0.455. The highest BCUT2D eigenvalue weighted by Crippen LogP contribution is 2.15. The third-order valence-electron chi connectivity index (χ3n) is 2.48. The second-order valence-corrected chi connectivity index (χ2v) is 3.84. The van der Waals surface area contributed by atoms with Gasteiger partial charge in [-0.25, -0.2) is 0 Å². The Morgan fingerprint density at radius 3 is 2.94 bits per heavy atom. The Kier molecular flexibility index (Phi) is 4.56. The van der Waals surface area contributed by atoms with Gasteiger partial charge in [0.2, 0.25) is 5.88 Å². The monoisotopic (exact) mass is 238 g/mol. The summed E-state index contributed by atoms with van der Waals surface area (Å²) in [6.45, 7) is 2.49. The molecule has 0 aromatic carbocycles. The number of methoxy groups -OCH3 is 1. The van der Waals surface area contributed by atoms with E-state index in [1.165, 1.54) is 0 Å². The van der Waals surface area contributed by atoms with Gasteiger partial charge in [0.15, 0.2) is 0 Å². The third kappa shape index (κ3) is 3.51. The number of pyridine rings is 1. The first kappa shape index (κ1) is 13.1. The van der Waals surface area contributed by atoms with E-state index in [9.17, 15) is 0 Å². The van der Waals surface area contributed by atoms with Crippen LogP contribution < -0.4 is 15.4 Å². The topological polar surface area (TPSA) is 84.0 Å². The fourth-order valence-electron chi connectivity index (χ4n) is 1.43. The molecular formula is C11H18N4O2. The van der Waals surface area contributed by atoms with Crippen molar-refractivity contribution in [3.63, 3.8) is 0 Å². The van der Waals surface area contributed by atoms with E-state index < -0.39 is 0 Å². The van der Waals surface area contributed by atoms with E-state index in [2.05, 4.69) is 10.1 Å². The minimum absolute atomic E-state index is 0.0574. The maximum Gasteiger partial charge on any atom is 0.214 e. The average Bonchev–Trinajstić information content (AvgIpc) is 2.37. The zero-order valence-corrected chi connectivity index (χ0v) is 10.3. The molecule has 6 heteroatoms. The van der Waals surface area contributed by atoms with E-state index in [1.807, 2.05) is 31.0 Å². The molecule has 0 amide bonds. The summed E-state index contributed by atoms with van der Waals surface area (Å²) >= 11 is 0. The Hall–Kier alpha value is -1.98. The molecule has 0 aliphatic rings. The molecule has 1 heterocycles. The van der Waals surface area contributed by atoms with Crippen LogP contribution in [0.5, 0.6) is 5.88 Å². The van der Waals surface area contributed by atoms with Crippen LogP contribution in [-0.2, 0) is 0 Å². The van der Waals surface area contributed by atoms with Crippen molar-refractivity contribution in [1.29, 1.82) is 0 Å². The van der Waals surface area contributed by atoms with Crippen LogP contribution >= 0.6 is 0 Å². The smallest absolute Gasteiger partial charge is 0.214 e. The Labute approximate surface area is 101 Å². The molecule has 1 rings (SSSR count). The Morgan fingerprint density at radius 1 is 1.65 bits per heavy atom. The molecule has 0 spiro atoms. The van der Waals surface area contributed by atoms with E-state index in [-0.39, 0.29) is 11.8 Å². The summed E-state index contributed by atoms with van der Waals surface area (Å²) in [5.74, 6) is 1.49. The molecular weight excluding hydrogens is 220 g/mol.